The van der Waals surface area contributed by atoms with E-state index in [1.807, 2.05) is 30.1 Å². The number of aromatic nitrogens is 1. The Morgan fingerprint density at radius 3 is 2.81 bits per heavy atom. The molecule has 0 saturated heterocycles. The third kappa shape index (κ3) is 6.39. The summed E-state index contributed by atoms with van der Waals surface area (Å²) in [7, 11) is 0. The van der Waals surface area contributed by atoms with Crippen molar-refractivity contribution in [1.82, 2.24) is 0 Å². The first kappa shape index (κ1) is 13.9. The van der Waals surface area contributed by atoms with E-state index in [1.54, 1.807) is 0 Å². The number of hydrogen-bond acceptors (Lipinski definition) is 1. The molecule has 0 amide bonds. The molecule has 1 aromatic rings. The Kier molecular flexibility index (Phi) is 7.69. The van der Waals surface area contributed by atoms with Gasteiger partial charge in [0.2, 0.25) is 0 Å². The molecule has 0 aliphatic rings. The molecule has 0 unspecified atom stereocenters. The first-order chi connectivity index (χ1) is 7.83. The molecular formula is C13H21ClNS+. The summed E-state index contributed by atoms with van der Waals surface area (Å²) < 4.78 is 2.14. The summed E-state index contributed by atoms with van der Waals surface area (Å²) in [6.45, 7) is 2.25. The fraction of sp³-hybridized carbons (Fsp3) is 0.615. The molecule has 0 bridgehead atoms. The molecule has 0 aromatic carbocycles. The molecule has 1 heterocycles. The molecule has 0 spiro atoms. The highest BCUT2D eigenvalue weighted by Gasteiger charge is 2.00. The third-order valence-electron chi connectivity index (χ3n) is 2.45. The van der Waals surface area contributed by atoms with Gasteiger partial charge < -0.3 is 0 Å². The lowest BCUT2D eigenvalue weighted by Crippen LogP contribution is -2.30. The van der Waals surface area contributed by atoms with Crippen LogP contribution in [-0.4, -0.2) is 5.75 Å². The Hall–Kier alpha value is -0.210. The Morgan fingerprint density at radius 1 is 1.25 bits per heavy atom. The van der Waals surface area contributed by atoms with Crippen LogP contribution in [0.2, 0.25) is 5.02 Å². The van der Waals surface area contributed by atoms with E-state index in [2.05, 4.69) is 17.7 Å². The number of pyridine rings is 1. The zero-order chi connectivity index (χ0) is 11.6. The molecule has 0 aliphatic heterocycles. The maximum atomic E-state index is 5.91. The van der Waals surface area contributed by atoms with Gasteiger partial charge in [0.05, 0.1) is 0 Å². The molecule has 1 rings (SSSR count). The van der Waals surface area contributed by atoms with E-state index in [-0.39, 0.29) is 0 Å². The van der Waals surface area contributed by atoms with E-state index >= 15 is 0 Å². The molecule has 90 valence electrons. The summed E-state index contributed by atoms with van der Waals surface area (Å²) in [5.74, 6) is 2.26. The fourth-order valence-electron chi connectivity index (χ4n) is 1.55. The van der Waals surface area contributed by atoms with E-state index < -0.39 is 0 Å². The number of halogens is 1. The first-order valence-corrected chi connectivity index (χ1v) is 7.58. The van der Waals surface area contributed by atoms with Gasteiger partial charge in [0.15, 0.2) is 18.3 Å². The molecule has 0 atom stereocenters. The third-order valence-corrected chi connectivity index (χ3v) is 3.74. The van der Waals surface area contributed by atoms with Gasteiger partial charge in [-0.25, -0.2) is 0 Å². The van der Waals surface area contributed by atoms with Gasteiger partial charge in [-0.3, -0.25) is 0 Å². The second kappa shape index (κ2) is 8.89. The molecular weight excluding hydrogens is 238 g/mol. The van der Waals surface area contributed by atoms with Gasteiger partial charge in [-0.1, -0.05) is 56.0 Å². The molecule has 1 aromatic heterocycles. The standard InChI is InChI=1S/C13H21ClNS/c1-2-3-4-5-6-10-16-12-15-9-7-8-13(14)11-15/h7-9,11H,2-6,10,12H2,1H3/q+1. The summed E-state index contributed by atoms with van der Waals surface area (Å²) in [4.78, 5) is 0. The predicted molar refractivity (Wildman–Crippen MR) is 72.9 cm³/mol. The summed E-state index contributed by atoms with van der Waals surface area (Å²) in [6.07, 6.45) is 10.9. The minimum absolute atomic E-state index is 0.811. The molecule has 0 aliphatic carbocycles. The molecule has 0 radical (unpaired) electrons. The zero-order valence-electron chi connectivity index (χ0n) is 9.99. The number of thioether (sulfide) groups is 1. The number of hydrogen-bond donors (Lipinski definition) is 0. The number of nitrogens with zero attached hydrogens (tertiary/aromatic N) is 1. The molecule has 1 nitrogen and oxygen atoms in total. The van der Waals surface area contributed by atoms with Crippen molar-refractivity contribution in [2.45, 2.75) is 44.9 Å². The topological polar surface area (TPSA) is 3.88 Å². The highest BCUT2D eigenvalue weighted by Crippen LogP contribution is 2.09. The van der Waals surface area contributed by atoms with Gasteiger partial charge in [-0.2, -0.15) is 4.57 Å². The van der Waals surface area contributed by atoms with Crippen molar-refractivity contribution in [1.29, 1.82) is 0 Å². The van der Waals surface area contributed by atoms with E-state index in [1.165, 1.54) is 37.9 Å². The highest BCUT2D eigenvalue weighted by atomic mass is 35.5. The van der Waals surface area contributed by atoms with Crippen molar-refractivity contribution in [3.63, 3.8) is 0 Å². The quantitative estimate of drug-likeness (QED) is 0.497. The van der Waals surface area contributed by atoms with Crippen LogP contribution in [0.4, 0.5) is 0 Å². The molecule has 0 fully saturated rings. The average Bonchev–Trinajstić information content (AvgIpc) is 2.28. The Balaban J connectivity index is 2.03. The van der Waals surface area contributed by atoms with Crippen molar-refractivity contribution >= 4 is 23.4 Å². The van der Waals surface area contributed by atoms with Crippen LogP contribution in [0, 0.1) is 0 Å². The average molecular weight is 259 g/mol. The number of unbranched alkanes of at least 4 members (excludes halogenated alkanes) is 4. The van der Waals surface area contributed by atoms with Crippen molar-refractivity contribution in [3.05, 3.63) is 29.5 Å². The highest BCUT2D eigenvalue weighted by molar-refractivity contribution is 7.98. The minimum atomic E-state index is 0.811. The second-order valence-corrected chi connectivity index (χ2v) is 5.50. The lowest BCUT2D eigenvalue weighted by atomic mass is 10.2. The van der Waals surface area contributed by atoms with Crippen molar-refractivity contribution in [2.75, 3.05) is 5.75 Å². The fourth-order valence-corrected chi connectivity index (χ4v) is 2.65. The molecule has 0 saturated carbocycles. The summed E-state index contributed by atoms with van der Waals surface area (Å²) in [5, 5.41) is 0.811. The molecule has 3 heteroatoms. The smallest absolute Gasteiger partial charge is 0.194 e. The lowest BCUT2D eigenvalue weighted by molar-refractivity contribution is -0.675. The van der Waals surface area contributed by atoms with Gasteiger partial charge >= 0.3 is 0 Å². The van der Waals surface area contributed by atoms with Gasteiger partial charge in [0.25, 0.3) is 0 Å². The van der Waals surface area contributed by atoms with Gasteiger partial charge in [0, 0.05) is 6.07 Å². The lowest BCUT2D eigenvalue weighted by Gasteiger charge is -1.99. The van der Waals surface area contributed by atoms with Crippen LogP contribution in [0.15, 0.2) is 24.5 Å². The van der Waals surface area contributed by atoms with Crippen LogP contribution in [0.1, 0.15) is 39.0 Å². The van der Waals surface area contributed by atoms with Crippen LogP contribution < -0.4 is 4.57 Å². The Morgan fingerprint density at radius 2 is 2.06 bits per heavy atom. The second-order valence-electron chi connectivity index (χ2n) is 3.99. The van der Waals surface area contributed by atoms with Gasteiger partial charge in [0.1, 0.15) is 5.02 Å². The maximum Gasteiger partial charge on any atom is 0.194 e. The number of rotatable bonds is 8. The largest absolute Gasteiger partial charge is 0.194 e. The van der Waals surface area contributed by atoms with Crippen LogP contribution in [0.3, 0.4) is 0 Å². The first-order valence-electron chi connectivity index (χ1n) is 6.05. The van der Waals surface area contributed by atoms with Crippen LogP contribution in [0.25, 0.3) is 0 Å². The van der Waals surface area contributed by atoms with E-state index in [4.69, 9.17) is 11.6 Å². The zero-order valence-corrected chi connectivity index (χ0v) is 11.6. The van der Waals surface area contributed by atoms with Crippen LogP contribution >= 0.6 is 23.4 Å². The summed E-state index contributed by atoms with van der Waals surface area (Å²) in [5.41, 5.74) is 0. The van der Waals surface area contributed by atoms with E-state index in [9.17, 15) is 0 Å². The predicted octanol–water partition coefficient (Wildman–Crippen LogP) is 4.29. The Bertz CT molecular complexity index is 291. The monoisotopic (exact) mass is 258 g/mol. The SMILES string of the molecule is CCCCCCCSC[n+]1cccc(Cl)c1. The normalized spacial score (nSPS) is 10.6. The summed E-state index contributed by atoms with van der Waals surface area (Å²) >= 11 is 7.89. The van der Waals surface area contributed by atoms with Crippen molar-refractivity contribution < 1.29 is 4.57 Å². The van der Waals surface area contributed by atoms with Gasteiger partial charge in [-0.05, 0) is 18.2 Å². The van der Waals surface area contributed by atoms with Crippen LogP contribution in [-0.2, 0) is 5.88 Å². The maximum absolute atomic E-state index is 5.91. The van der Waals surface area contributed by atoms with E-state index in [0.29, 0.717) is 0 Å². The van der Waals surface area contributed by atoms with Crippen molar-refractivity contribution in [3.8, 4) is 0 Å². The molecule has 16 heavy (non-hydrogen) atoms. The van der Waals surface area contributed by atoms with Crippen molar-refractivity contribution in [2.24, 2.45) is 0 Å². The van der Waals surface area contributed by atoms with Gasteiger partial charge in [-0.15, -0.1) is 0 Å². The van der Waals surface area contributed by atoms with E-state index in [0.717, 1.165) is 10.9 Å². The molecule has 0 N–H and O–H groups in total. The van der Waals surface area contributed by atoms with Crippen LogP contribution in [0.5, 0.6) is 0 Å². The minimum Gasteiger partial charge on any atom is -0.194 e. The Labute approximate surface area is 108 Å². The summed E-state index contributed by atoms with van der Waals surface area (Å²) in [6, 6.07) is 3.90.